The van der Waals surface area contributed by atoms with Gasteiger partial charge in [0.25, 0.3) is 0 Å². The van der Waals surface area contributed by atoms with E-state index in [2.05, 4.69) is 38.2 Å². The molecular weight excluding hydrogens is 1090 g/mol. The zero-order chi connectivity index (χ0) is 62.6. The van der Waals surface area contributed by atoms with Gasteiger partial charge in [0.2, 0.25) is 0 Å². The molecule has 0 aliphatic carbocycles. The van der Waals surface area contributed by atoms with E-state index in [0.29, 0.717) is 23.9 Å². The predicted molar refractivity (Wildman–Crippen MR) is 372 cm³/mol. The Bertz CT molecular complexity index is 1500. The second kappa shape index (κ2) is 67.9. The molecule has 2 atom stereocenters. The third-order valence-corrected chi connectivity index (χ3v) is 18.5. The molecule has 2 unspecified atom stereocenters. The number of hydrogen-bond donors (Lipinski definition) is 1. The Morgan fingerprint density at radius 3 is 0.919 bits per heavy atom. The first-order valence-corrected chi connectivity index (χ1v) is 39.6. The molecule has 0 aliphatic rings. The lowest BCUT2D eigenvalue weighted by Gasteiger charge is -2.24. The molecule has 510 valence electrons. The maximum absolute atomic E-state index is 12.9. The maximum Gasteiger partial charge on any atom is 0.472 e. The van der Waals surface area contributed by atoms with E-state index in [1.54, 1.807) is 0 Å². The van der Waals surface area contributed by atoms with Crippen molar-refractivity contribution in [2.45, 2.75) is 405 Å². The number of ether oxygens (including phenoxy) is 2. The van der Waals surface area contributed by atoms with Crippen LogP contribution in [0.1, 0.15) is 399 Å². The van der Waals surface area contributed by atoms with E-state index < -0.39 is 26.5 Å². The Labute approximate surface area is 536 Å². The highest BCUT2D eigenvalue weighted by Gasteiger charge is 2.27. The van der Waals surface area contributed by atoms with Gasteiger partial charge in [-0.15, -0.1) is 0 Å². The fourth-order valence-electron chi connectivity index (χ4n) is 11.6. The Hall–Kier alpha value is -1.51. The summed E-state index contributed by atoms with van der Waals surface area (Å²) in [6, 6.07) is 0. The number of rotatable bonds is 72. The fraction of sp³-hybridized carbons (Fsp3) is 0.921. The molecule has 1 N–H and O–H groups in total. The summed E-state index contributed by atoms with van der Waals surface area (Å²) in [5.74, 6) is -0.770. The number of allylic oxidation sites excluding steroid dienone is 4. The highest BCUT2D eigenvalue weighted by molar-refractivity contribution is 7.47. The smallest absolute Gasteiger partial charge is 0.462 e. The van der Waals surface area contributed by atoms with Crippen molar-refractivity contribution in [1.29, 1.82) is 0 Å². The molecule has 0 radical (unpaired) electrons. The molecule has 0 aliphatic heterocycles. The number of hydrogen-bond acceptors (Lipinski definition) is 7. The van der Waals surface area contributed by atoms with E-state index in [0.717, 1.165) is 38.5 Å². The third-order valence-electron chi connectivity index (χ3n) is 17.5. The van der Waals surface area contributed by atoms with Gasteiger partial charge >= 0.3 is 19.8 Å². The molecule has 0 fully saturated rings. The Morgan fingerprint density at radius 1 is 0.360 bits per heavy atom. The minimum Gasteiger partial charge on any atom is -0.462 e. The normalized spacial score (nSPS) is 13.1. The van der Waals surface area contributed by atoms with Crippen molar-refractivity contribution in [3.05, 3.63) is 24.3 Å². The minimum atomic E-state index is -4.39. The summed E-state index contributed by atoms with van der Waals surface area (Å²) in [5.41, 5.74) is 0. The van der Waals surface area contributed by atoms with Crippen LogP contribution in [0, 0.1) is 0 Å². The van der Waals surface area contributed by atoms with Crippen molar-refractivity contribution >= 4 is 19.8 Å². The first-order chi connectivity index (χ1) is 42.0. The lowest BCUT2D eigenvalue weighted by molar-refractivity contribution is -0.870. The SMILES string of the molecule is CCCCCCC/C=C\C/C=C\CCCCCCCCCCCCCCCCCCCCCC(=O)OC(COC(=O)CCCCCCCCCCCCCCCCCCCCCCCCCCCCCCCCC)COP(=O)(O)OCC[N+](C)(C)C. The molecule has 9 nitrogen and oxygen atoms in total. The largest absolute Gasteiger partial charge is 0.472 e. The standard InChI is InChI=1S/C76H148NO8P/c1-6-8-10-12-14-16-18-20-22-24-26-28-30-32-34-36-38-40-42-44-46-48-50-52-54-56-58-60-62-64-66-68-75(78)82-72-74(73-84-86(80,81)83-71-70-77(3,4)5)85-76(79)69-67-65-63-61-59-57-55-53-51-49-47-45-43-41-39-37-35-33-31-29-27-25-23-21-19-17-15-13-11-9-7-2/h19,21,25,27,74H,6-18,20,22-24,26,28-73H2,1-5H3/p+1/b21-19-,27-25-. The van der Waals surface area contributed by atoms with Crippen molar-refractivity contribution in [3.8, 4) is 0 Å². The van der Waals surface area contributed by atoms with Crippen molar-refractivity contribution < 1.29 is 42.1 Å². The van der Waals surface area contributed by atoms with E-state index in [9.17, 15) is 19.0 Å². The molecule has 0 bridgehead atoms. The number of unbranched alkanes of at least 4 members (excludes halogenated alkanes) is 54. The molecular formula is C76H149NO8P+. The number of esters is 2. The minimum absolute atomic E-state index is 0.0359. The molecule has 0 amide bonds. The molecule has 10 heteroatoms. The van der Waals surface area contributed by atoms with Crippen LogP contribution in [0.25, 0.3) is 0 Å². The zero-order valence-corrected chi connectivity index (χ0v) is 59.2. The molecule has 86 heavy (non-hydrogen) atoms. The van der Waals surface area contributed by atoms with Gasteiger partial charge in [0.05, 0.1) is 27.7 Å². The predicted octanol–water partition coefficient (Wildman–Crippen LogP) is 24.8. The van der Waals surface area contributed by atoms with Gasteiger partial charge in [0.1, 0.15) is 19.8 Å². The van der Waals surface area contributed by atoms with E-state index in [-0.39, 0.29) is 25.6 Å². The Kier molecular flexibility index (Phi) is 66.7. The summed E-state index contributed by atoms with van der Waals surface area (Å²) in [6.45, 7) is 4.51. The Balaban J connectivity index is 3.94. The number of carbonyl (C=O) groups is 2. The van der Waals surface area contributed by atoms with Crippen LogP contribution >= 0.6 is 7.82 Å². The van der Waals surface area contributed by atoms with Crippen molar-refractivity contribution in [2.75, 3.05) is 47.5 Å². The number of quaternary nitrogens is 1. The van der Waals surface area contributed by atoms with E-state index in [1.165, 1.54) is 327 Å². The van der Waals surface area contributed by atoms with Gasteiger partial charge in [-0.05, 0) is 44.9 Å². The molecule has 0 spiro atoms. The number of likely N-dealkylation sites (N-methyl/N-ethyl adjacent to an activating group) is 1. The van der Waals surface area contributed by atoms with Crippen molar-refractivity contribution in [2.24, 2.45) is 0 Å². The molecule has 0 heterocycles. The number of carbonyl (C=O) groups excluding carboxylic acids is 2. The van der Waals surface area contributed by atoms with Gasteiger partial charge in [0, 0.05) is 12.8 Å². The third kappa shape index (κ3) is 71.6. The molecule has 0 rings (SSSR count). The van der Waals surface area contributed by atoms with Crippen molar-refractivity contribution in [1.82, 2.24) is 0 Å². The molecule has 0 aromatic rings. The lowest BCUT2D eigenvalue weighted by atomic mass is 10.0. The average molecular weight is 1240 g/mol. The summed E-state index contributed by atoms with van der Waals surface area (Å²) in [4.78, 5) is 35.9. The van der Waals surface area contributed by atoms with Crippen LogP contribution in [-0.4, -0.2) is 74.9 Å². The summed E-state index contributed by atoms with van der Waals surface area (Å²) in [5, 5.41) is 0. The maximum atomic E-state index is 12.9. The van der Waals surface area contributed by atoms with E-state index >= 15 is 0 Å². The van der Waals surface area contributed by atoms with Gasteiger partial charge in [-0.3, -0.25) is 18.6 Å². The first-order valence-electron chi connectivity index (χ1n) is 38.1. The molecule has 0 aromatic heterocycles. The summed E-state index contributed by atoms with van der Waals surface area (Å²) < 4.78 is 34.8. The lowest BCUT2D eigenvalue weighted by Crippen LogP contribution is -2.37. The number of phosphoric ester groups is 1. The van der Waals surface area contributed by atoms with Gasteiger partial charge in [-0.2, -0.15) is 0 Å². The topological polar surface area (TPSA) is 108 Å². The highest BCUT2D eigenvalue weighted by atomic mass is 31.2. The van der Waals surface area contributed by atoms with Crippen LogP contribution < -0.4 is 0 Å². The second-order valence-electron chi connectivity index (χ2n) is 27.4. The summed E-state index contributed by atoms with van der Waals surface area (Å²) >= 11 is 0. The van der Waals surface area contributed by atoms with Crippen LogP contribution in [-0.2, 0) is 32.7 Å². The van der Waals surface area contributed by atoms with Crippen molar-refractivity contribution in [3.63, 3.8) is 0 Å². The first kappa shape index (κ1) is 84.5. The molecule has 0 aromatic carbocycles. The summed E-state index contributed by atoms with van der Waals surface area (Å²) in [7, 11) is 1.50. The van der Waals surface area contributed by atoms with Gasteiger partial charge in [-0.1, -0.05) is 366 Å². The molecule has 0 saturated carbocycles. The van der Waals surface area contributed by atoms with Gasteiger partial charge < -0.3 is 18.9 Å². The Morgan fingerprint density at radius 2 is 0.628 bits per heavy atom. The monoisotopic (exact) mass is 1240 g/mol. The fourth-order valence-corrected chi connectivity index (χ4v) is 12.4. The van der Waals surface area contributed by atoms with Gasteiger partial charge in [-0.25, -0.2) is 4.57 Å². The number of nitrogens with zero attached hydrogens (tertiary/aromatic N) is 1. The molecule has 0 saturated heterocycles. The van der Waals surface area contributed by atoms with E-state index in [1.807, 2.05) is 21.1 Å². The average Bonchev–Trinajstić information content (AvgIpc) is 3.56. The van der Waals surface area contributed by atoms with E-state index in [4.69, 9.17) is 18.5 Å². The summed E-state index contributed by atoms with van der Waals surface area (Å²) in [6.07, 6.45) is 86.0. The zero-order valence-electron chi connectivity index (χ0n) is 58.3. The number of phosphoric acid groups is 1. The highest BCUT2D eigenvalue weighted by Crippen LogP contribution is 2.43. The van der Waals surface area contributed by atoms with Gasteiger partial charge in [0.15, 0.2) is 6.10 Å². The van der Waals surface area contributed by atoms with Crippen LogP contribution in [0.15, 0.2) is 24.3 Å². The van der Waals surface area contributed by atoms with Crippen LogP contribution in [0.5, 0.6) is 0 Å². The van der Waals surface area contributed by atoms with Crippen LogP contribution in [0.3, 0.4) is 0 Å². The van der Waals surface area contributed by atoms with Crippen LogP contribution in [0.2, 0.25) is 0 Å². The van der Waals surface area contributed by atoms with Crippen LogP contribution in [0.4, 0.5) is 0 Å². The quantitative estimate of drug-likeness (QED) is 0.0211. The second-order valence-corrected chi connectivity index (χ2v) is 28.9.